The van der Waals surface area contributed by atoms with E-state index in [1.165, 1.54) is 22.9 Å². The molecule has 1 N–H and O–H groups in total. The molecule has 3 rings (SSSR count). The van der Waals surface area contributed by atoms with Crippen LogP contribution in [0.1, 0.15) is 19.8 Å². The molecule has 0 aromatic rings. The molecule has 0 atom stereocenters. The fourth-order valence-corrected chi connectivity index (χ4v) is 2.54. The molecular formula is C13H16N5O3-. The van der Waals surface area contributed by atoms with Gasteiger partial charge in [0.05, 0.1) is 0 Å². The van der Waals surface area contributed by atoms with Crippen molar-refractivity contribution in [2.75, 3.05) is 13.1 Å². The van der Waals surface area contributed by atoms with Gasteiger partial charge in [0.2, 0.25) is 5.36 Å². The molecule has 0 aromatic heterocycles. The van der Waals surface area contributed by atoms with E-state index in [9.17, 15) is 15.2 Å². The number of benzene rings is 1. The Morgan fingerprint density at radius 1 is 1.38 bits per heavy atom. The van der Waals surface area contributed by atoms with Gasteiger partial charge in [-0.1, -0.05) is 6.92 Å². The number of amides is 1. The van der Waals surface area contributed by atoms with Gasteiger partial charge in [-0.05, 0) is 24.8 Å². The van der Waals surface area contributed by atoms with E-state index < -0.39 is 4.90 Å². The maximum absolute atomic E-state index is 12.5. The van der Waals surface area contributed by atoms with Gasteiger partial charge >= 0.3 is 6.03 Å². The van der Waals surface area contributed by atoms with Crippen molar-refractivity contribution < 1.29 is 4.79 Å². The Morgan fingerprint density at radius 2 is 2.10 bits per heavy atom. The molecule has 112 valence electrons. The van der Waals surface area contributed by atoms with Crippen LogP contribution in [0.3, 0.4) is 0 Å². The first-order chi connectivity index (χ1) is 10.1. The van der Waals surface area contributed by atoms with Crippen LogP contribution in [0.2, 0.25) is 0 Å². The van der Waals surface area contributed by atoms with Crippen LogP contribution >= 0.6 is 0 Å². The number of carbonyl (C=O) groups excluding carboxylic acids is 1. The number of nitrogens with zero attached hydrogens (tertiary/aromatic N) is 4. The summed E-state index contributed by atoms with van der Waals surface area (Å²) in [7, 11) is 0. The van der Waals surface area contributed by atoms with Crippen molar-refractivity contribution in [2.45, 2.75) is 19.8 Å². The molecule has 0 bridgehead atoms. The summed E-state index contributed by atoms with van der Waals surface area (Å²) in [5, 5.41) is 28.3. The summed E-state index contributed by atoms with van der Waals surface area (Å²) in [6.45, 7) is 3.56. The smallest absolute Gasteiger partial charge is 0.344 e. The Labute approximate surface area is 120 Å². The lowest BCUT2D eigenvalue weighted by molar-refractivity contribution is 0.172. The van der Waals surface area contributed by atoms with Crippen LogP contribution in [0.25, 0.3) is 11.4 Å². The van der Waals surface area contributed by atoms with Crippen molar-refractivity contribution >= 4 is 6.03 Å². The van der Waals surface area contributed by atoms with Crippen molar-refractivity contribution in [3.63, 3.8) is 0 Å². The summed E-state index contributed by atoms with van der Waals surface area (Å²) >= 11 is 0. The molecule has 1 saturated heterocycles. The highest BCUT2D eigenvalue weighted by Gasteiger charge is 2.24. The monoisotopic (exact) mass is 290 g/mol. The van der Waals surface area contributed by atoms with Crippen LogP contribution in [0, 0.1) is 16.3 Å². The van der Waals surface area contributed by atoms with Crippen molar-refractivity contribution in [1.82, 2.24) is 24.8 Å². The highest BCUT2D eigenvalue weighted by molar-refractivity contribution is 5.81. The number of likely N-dealkylation sites (tertiary alicyclic amines) is 1. The van der Waals surface area contributed by atoms with E-state index in [2.05, 4.69) is 17.2 Å². The van der Waals surface area contributed by atoms with Gasteiger partial charge < -0.3 is 15.3 Å². The Balaban J connectivity index is 1.95. The first-order valence-electron chi connectivity index (χ1n) is 6.90. The first kappa shape index (κ1) is 13.5. The normalized spacial score (nSPS) is 16.3. The number of hydrogen-bond donors (Lipinski definition) is 1. The van der Waals surface area contributed by atoms with Crippen molar-refractivity contribution in [2.24, 2.45) is 5.92 Å². The number of nitrogens with one attached hydrogen (secondary N) is 1. The molecule has 1 aliphatic carbocycles. The lowest BCUT2D eigenvalue weighted by atomic mass is 10.00. The van der Waals surface area contributed by atoms with E-state index in [1.54, 1.807) is 4.90 Å². The largest absolute Gasteiger partial charge is 0.612 e. The molecule has 2 aliphatic heterocycles. The maximum Gasteiger partial charge on any atom is 0.344 e. The summed E-state index contributed by atoms with van der Waals surface area (Å²) in [5.41, 5.74) is 0.951. The predicted octanol–water partition coefficient (Wildman–Crippen LogP) is 0.784. The van der Waals surface area contributed by atoms with Gasteiger partial charge in [-0.3, -0.25) is 0 Å². The first-order valence-corrected chi connectivity index (χ1v) is 6.90. The van der Waals surface area contributed by atoms with E-state index >= 15 is 0 Å². The number of rotatable bonds is 0. The van der Waals surface area contributed by atoms with Crippen molar-refractivity contribution in [1.29, 1.82) is 0 Å². The van der Waals surface area contributed by atoms with Crippen LogP contribution in [-0.4, -0.2) is 39.0 Å². The summed E-state index contributed by atoms with van der Waals surface area (Å²) < 4.78 is 1.28. The maximum atomic E-state index is 12.5. The highest BCUT2D eigenvalue weighted by atomic mass is 16.8. The summed E-state index contributed by atoms with van der Waals surface area (Å²) in [6.07, 6.45) is 1.94. The van der Waals surface area contributed by atoms with Crippen molar-refractivity contribution in [3.05, 3.63) is 34.0 Å². The number of carbonyl (C=O) groups is 1. The molecule has 0 radical (unpaired) electrons. The second-order valence-electron chi connectivity index (χ2n) is 5.43. The summed E-state index contributed by atoms with van der Waals surface area (Å²) in [5.74, 6) is 0.624. The van der Waals surface area contributed by atoms with Crippen LogP contribution < -0.4 is 10.3 Å². The second kappa shape index (κ2) is 5.12. The van der Waals surface area contributed by atoms with Crippen LogP contribution in [-0.2, 0) is 0 Å². The van der Waals surface area contributed by atoms with Gasteiger partial charge in [0.15, 0.2) is 0 Å². The molecular weight excluding hydrogens is 274 g/mol. The van der Waals surface area contributed by atoms with Gasteiger partial charge in [-0.25, -0.2) is 10.0 Å². The van der Waals surface area contributed by atoms with Crippen LogP contribution in [0.15, 0.2) is 18.2 Å². The zero-order valence-corrected chi connectivity index (χ0v) is 11.7. The van der Waals surface area contributed by atoms with Gasteiger partial charge in [0.1, 0.15) is 11.4 Å². The van der Waals surface area contributed by atoms with E-state index in [0.29, 0.717) is 30.4 Å². The number of aromatic nitrogens is 3. The third-order valence-electron chi connectivity index (χ3n) is 3.93. The lowest BCUT2D eigenvalue weighted by Crippen LogP contribution is -2.41. The standard InChI is InChI=1S/C13H16N5O3/c1-9-4-6-16(7-5-9)13(19)17-12-8-10(18(20)21)2-3-11(12)14-15-17/h2-3,8-9,15H,4-7H2,1H3/q-1. The van der Waals surface area contributed by atoms with E-state index in [0.717, 1.165) is 12.8 Å². The molecule has 0 aromatic carbocycles. The third kappa shape index (κ3) is 2.44. The topological polar surface area (TPSA) is 103 Å². The Kier molecular flexibility index (Phi) is 3.28. The molecule has 0 saturated carbocycles. The molecule has 1 amide bonds. The highest BCUT2D eigenvalue weighted by Crippen LogP contribution is 2.20. The number of piperidine rings is 1. The molecule has 21 heavy (non-hydrogen) atoms. The van der Waals surface area contributed by atoms with Crippen molar-refractivity contribution in [3.8, 4) is 11.4 Å². The number of hydrogen-bond acceptors (Lipinski definition) is 4. The number of H-pyrrole nitrogens is 1. The molecule has 3 aliphatic rings. The average Bonchev–Trinajstić information content (AvgIpc) is 2.90. The third-order valence-corrected chi connectivity index (χ3v) is 3.93. The predicted molar refractivity (Wildman–Crippen MR) is 76.0 cm³/mol. The van der Waals surface area contributed by atoms with Gasteiger partial charge in [0, 0.05) is 25.2 Å². The fourth-order valence-electron chi connectivity index (χ4n) is 2.54. The zero-order chi connectivity index (χ0) is 15.0. The quantitative estimate of drug-likeness (QED) is 0.724. The molecule has 0 spiro atoms. The Morgan fingerprint density at radius 3 is 2.76 bits per heavy atom. The van der Waals surface area contributed by atoms with Crippen LogP contribution in [0.5, 0.6) is 0 Å². The van der Waals surface area contributed by atoms with Gasteiger partial charge in [-0.15, -0.1) is 0 Å². The second-order valence-corrected chi connectivity index (χ2v) is 5.43. The van der Waals surface area contributed by atoms with Gasteiger partial charge in [-0.2, -0.15) is 14.7 Å². The molecule has 0 unspecified atom stereocenters. The SMILES string of the molecule is CC1CCN(C(=O)n2[nH]nc3ccc(=[N+]([O-])[O-])cc2-3)CC1. The van der Waals surface area contributed by atoms with Gasteiger partial charge in [0.25, 0.3) is 0 Å². The van der Waals surface area contributed by atoms with Crippen LogP contribution in [0.4, 0.5) is 4.79 Å². The summed E-state index contributed by atoms with van der Waals surface area (Å²) in [4.78, 5) is 13.8. The number of aromatic amines is 1. The molecule has 2 heterocycles. The Hall–Kier alpha value is -2.51. The average molecular weight is 290 g/mol. The van der Waals surface area contributed by atoms with E-state index in [-0.39, 0.29) is 11.4 Å². The minimum atomic E-state index is -0.482. The van der Waals surface area contributed by atoms with E-state index in [4.69, 9.17) is 0 Å². The Bertz CT molecular complexity index is 692. The molecule has 8 heteroatoms. The number of fused-ring (bicyclic) bond motifs is 1. The zero-order valence-electron chi connectivity index (χ0n) is 11.7. The lowest BCUT2D eigenvalue weighted by Gasteiger charge is -2.30. The minimum Gasteiger partial charge on any atom is -0.612 e. The molecule has 1 fully saturated rings. The van der Waals surface area contributed by atoms with E-state index in [1.807, 2.05) is 0 Å². The minimum absolute atomic E-state index is 0.0577. The molecule has 8 nitrogen and oxygen atoms in total. The summed E-state index contributed by atoms with van der Waals surface area (Å²) in [6, 6.07) is 4.06. The fraction of sp³-hybridized carbons (Fsp3) is 0.462.